The summed E-state index contributed by atoms with van der Waals surface area (Å²) in [4.78, 5) is 24.7. The Hall–Kier alpha value is -3.42. The van der Waals surface area contributed by atoms with Crippen LogP contribution in [0.2, 0.25) is 0 Å². The first kappa shape index (κ1) is 18.4. The van der Waals surface area contributed by atoms with Crippen LogP contribution in [0.25, 0.3) is 5.82 Å². The summed E-state index contributed by atoms with van der Waals surface area (Å²) in [5.41, 5.74) is 3.01. The predicted octanol–water partition coefficient (Wildman–Crippen LogP) is 2.82. The number of imidazole rings is 1. The van der Waals surface area contributed by atoms with E-state index in [0.717, 1.165) is 28.5 Å². The van der Waals surface area contributed by atoms with Crippen molar-refractivity contribution in [1.82, 2.24) is 24.8 Å². The number of hydrogen-bond donors (Lipinski definition) is 3. The van der Waals surface area contributed by atoms with Gasteiger partial charge in [-0.1, -0.05) is 17.7 Å². The molecule has 2 heterocycles. The van der Waals surface area contributed by atoms with Crippen LogP contribution in [0.3, 0.4) is 0 Å². The Kier molecular flexibility index (Phi) is 5.65. The lowest BCUT2D eigenvalue weighted by atomic mass is 10.1. The number of aryl methyl sites for hydroxylation is 3. The fraction of sp³-hybridized carbons (Fsp3) is 0.263. The zero-order valence-corrected chi connectivity index (χ0v) is 15.7. The average Bonchev–Trinajstić information content (AvgIpc) is 3.07. The maximum atomic E-state index is 12.0. The van der Waals surface area contributed by atoms with Crippen LogP contribution in [0, 0.1) is 20.8 Å². The van der Waals surface area contributed by atoms with Crippen molar-refractivity contribution < 1.29 is 4.79 Å². The molecule has 0 bridgehead atoms. The normalized spacial score (nSPS) is 10.5. The molecule has 0 aliphatic heterocycles. The van der Waals surface area contributed by atoms with E-state index >= 15 is 0 Å². The molecular formula is C19H23N7O. The number of carbonyl (C=O) groups excluding carboxylic acids is 1. The van der Waals surface area contributed by atoms with Gasteiger partial charge in [-0.05, 0) is 32.4 Å². The molecule has 3 N–H and O–H groups in total. The second kappa shape index (κ2) is 8.31. The van der Waals surface area contributed by atoms with Crippen LogP contribution in [0.1, 0.15) is 17.0 Å². The summed E-state index contributed by atoms with van der Waals surface area (Å²) in [5.74, 6) is 2.28. The van der Waals surface area contributed by atoms with Gasteiger partial charge in [0.05, 0.1) is 0 Å². The number of carbonyl (C=O) groups is 1. The number of urea groups is 1. The van der Waals surface area contributed by atoms with E-state index in [1.807, 2.05) is 55.8 Å². The van der Waals surface area contributed by atoms with Crippen LogP contribution in [0.15, 0.2) is 43.0 Å². The molecule has 3 rings (SSSR count). The summed E-state index contributed by atoms with van der Waals surface area (Å²) in [6, 6.07) is 7.51. The zero-order chi connectivity index (χ0) is 19.2. The van der Waals surface area contributed by atoms with E-state index in [-0.39, 0.29) is 6.03 Å². The standard InChI is InChI=1S/C19H23N7O/c1-13-4-5-16(14(2)10-13)25-19(27)22-7-6-21-17-11-18(24-12-23-17)26-9-8-20-15(26)3/h4-5,8-12H,6-7H2,1-3H3,(H,21,23,24)(H2,22,25,27). The smallest absolute Gasteiger partial charge is 0.319 e. The van der Waals surface area contributed by atoms with Gasteiger partial charge >= 0.3 is 6.03 Å². The Labute approximate surface area is 158 Å². The molecular weight excluding hydrogens is 342 g/mol. The fourth-order valence-electron chi connectivity index (χ4n) is 2.68. The lowest BCUT2D eigenvalue weighted by molar-refractivity contribution is 0.252. The Morgan fingerprint density at radius 3 is 2.67 bits per heavy atom. The van der Waals surface area contributed by atoms with Gasteiger partial charge in [0.1, 0.15) is 23.8 Å². The Morgan fingerprint density at radius 1 is 1.07 bits per heavy atom. The van der Waals surface area contributed by atoms with Gasteiger partial charge in [0.25, 0.3) is 0 Å². The second-order valence-corrected chi connectivity index (χ2v) is 6.23. The highest BCUT2D eigenvalue weighted by Crippen LogP contribution is 2.15. The van der Waals surface area contributed by atoms with Gasteiger partial charge in [-0.25, -0.2) is 19.7 Å². The molecule has 0 atom stereocenters. The van der Waals surface area contributed by atoms with Crippen LogP contribution in [0.4, 0.5) is 16.3 Å². The molecule has 0 aliphatic carbocycles. The molecule has 140 valence electrons. The third-order valence-electron chi connectivity index (χ3n) is 4.07. The molecule has 3 aromatic rings. The molecule has 0 saturated carbocycles. The van der Waals surface area contributed by atoms with E-state index in [9.17, 15) is 4.79 Å². The summed E-state index contributed by atoms with van der Waals surface area (Å²) < 4.78 is 1.88. The molecule has 0 unspecified atom stereocenters. The first-order valence-electron chi connectivity index (χ1n) is 8.71. The number of aromatic nitrogens is 4. The van der Waals surface area contributed by atoms with E-state index in [4.69, 9.17) is 0 Å². The maximum Gasteiger partial charge on any atom is 0.319 e. The molecule has 0 fully saturated rings. The van der Waals surface area contributed by atoms with Crippen molar-refractivity contribution in [2.75, 3.05) is 23.7 Å². The average molecular weight is 365 g/mol. The van der Waals surface area contributed by atoms with E-state index in [1.165, 1.54) is 6.33 Å². The highest BCUT2D eigenvalue weighted by Gasteiger charge is 2.05. The van der Waals surface area contributed by atoms with Crippen molar-refractivity contribution in [3.63, 3.8) is 0 Å². The molecule has 0 saturated heterocycles. The topological polar surface area (TPSA) is 96.8 Å². The molecule has 2 aromatic heterocycles. The molecule has 27 heavy (non-hydrogen) atoms. The second-order valence-electron chi connectivity index (χ2n) is 6.23. The Morgan fingerprint density at radius 2 is 1.93 bits per heavy atom. The fourth-order valence-corrected chi connectivity index (χ4v) is 2.68. The molecule has 2 amide bonds. The number of nitrogens with zero attached hydrogens (tertiary/aromatic N) is 4. The molecule has 0 radical (unpaired) electrons. The van der Waals surface area contributed by atoms with Gasteiger partial charge in [0.2, 0.25) is 0 Å². The van der Waals surface area contributed by atoms with Crippen molar-refractivity contribution >= 4 is 17.5 Å². The van der Waals surface area contributed by atoms with Gasteiger partial charge < -0.3 is 16.0 Å². The Bertz CT molecular complexity index is 935. The number of anilines is 2. The van der Waals surface area contributed by atoms with Crippen LogP contribution >= 0.6 is 0 Å². The van der Waals surface area contributed by atoms with Gasteiger partial charge in [0, 0.05) is 37.2 Å². The third kappa shape index (κ3) is 4.81. The highest BCUT2D eigenvalue weighted by molar-refractivity contribution is 5.90. The van der Waals surface area contributed by atoms with Crippen molar-refractivity contribution in [1.29, 1.82) is 0 Å². The third-order valence-corrected chi connectivity index (χ3v) is 4.07. The maximum absolute atomic E-state index is 12.0. The van der Waals surface area contributed by atoms with Gasteiger partial charge in [-0.15, -0.1) is 0 Å². The first-order chi connectivity index (χ1) is 13.0. The molecule has 0 aliphatic rings. The van der Waals surface area contributed by atoms with E-state index in [2.05, 4.69) is 30.9 Å². The summed E-state index contributed by atoms with van der Waals surface area (Å²) in [6.07, 6.45) is 5.07. The van der Waals surface area contributed by atoms with Crippen molar-refractivity contribution in [3.05, 3.63) is 59.9 Å². The minimum Gasteiger partial charge on any atom is -0.368 e. The summed E-state index contributed by atoms with van der Waals surface area (Å²) in [6.45, 7) is 6.90. The summed E-state index contributed by atoms with van der Waals surface area (Å²) in [7, 11) is 0. The summed E-state index contributed by atoms with van der Waals surface area (Å²) in [5, 5.41) is 8.86. The monoisotopic (exact) mass is 365 g/mol. The quantitative estimate of drug-likeness (QED) is 0.584. The van der Waals surface area contributed by atoms with Gasteiger partial charge in [-0.3, -0.25) is 4.57 Å². The number of benzene rings is 1. The largest absolute Gasteiger partial charge is 0.368 e. The van der Waals surface area contributed by atoms with Crippen molar-refractivity contribution in [3.8, 4) is 5.82 Å². The number of nitrogens with one attached hydrogen (secondary N) is 3. The summed E-state index contributed by atoms with van der Waals surface area (Å²) >= 11 is 0. The van der Waals surface area contributed by atoms with E-state index in [1.54, 1.807) is 6.20 Å². The Balaban J connectivity index is 1.47. The minimum atomic E-state index is -0.235. The van der Waals surface area contributed by atoms with Crippen LogP contribution in [0.5, 0.6) is 0 Å². The van der Waals surface area contributed by atoms with E-state index in [0.29, 0.717) is 18.9 Å². The van der Waals surface area contributed by atoms with E-state index < -0.39 is 0 Å². The predicted molar refractivity (Wildman–Crippen MR) is 105 cm³/mol. The molecule has 8 heteroatoms. The lowest BCUT2D eigenvalue weighted by Crippen LogP contribution is -2.33. The van der Waals surface area contributed by atoms with Crippen molar-refractivity contribution in [2.24, 2.45) is 0 Å². The SMILES string of the molecule is Cc1ccc(NC(=O)NCCNc2cc(-n3ccnc3C)ncn2)c(C)c1. The molecule has 0 spiro atoms. The number of rotatable bonds is 6. The van der Waals surface area contributed by atoms with Crippen molar-refractivity contribution in [2.45, 2.75) is 20.8 Å². The van der Waals surface area contributed by atoms with Crippen LogP contribution in [-0.2, 0) is 0 Å². The van der Waals surface area contributed by atoms with Gasteiger partial charge in [0.15, 0.2) is 0 Å². The first-order valence-corrected chi connectivity index (χ1v) is 8.71. The number of amides is 2. The zero-order valence-electron chi connectivity index (χ0n) is 15.7. The molecule has 1 aromatic carbocycles. The van der Waals surface area contributed by atoms with Gasteiger partial charge in [-0.2, -0.15) is 0 Å². The molecule has 8 nitrogen and oxygen atoms in total. The van der Waals surface area contributed by atoms with Crippen LogP contribution in [-0.4, -0.2) is 38.6 Å². The minimum absolute atomic E-state index is 0.235. The number of hydrogen-bond acceptors (Lipinski definition) is 5. The lowest BCUT2D eigenvalue weighted by Gasteiger charge is -2.11. The highest BCUT2D eigenvalue weighted by atomic mass is 16.2. The van der Waals surface area contributed by atoms with Crippen LogP contribution < -0.4 is 16.0 Å².